The monoisotopic (exact) mass is 336 g/mol. The highest BCUT2D eigenvalue weighted by Gasteiger charge is 2.39. The topological polar surface area (TPSA) is 59.1 Å². The molecule has 0 unspecified atom stereocenters. The van der Waals surface area contributed by atoms with Crippen LogP contribution in [0.2, 0.25) is 0 Å². The van der Waals surface area contributed by atoms with Gasteiger partial charge in [-0.1, -0.05) is 5.92 Å². The van der Waals surface area contributed by atoms with E-state index in [0.29, 0.717) is 25.6 Å². The van der Waals surface area contributed by atoms with E-state index in [4.69, 9.17) is 9.47 Å². The Balaban J connectivity index is 1.92. The van der Waals surface area contributed by atoms with Crippen LogP contribution < -0.4 is 0 Å². The van der Waals surface area contributed by atoms with Gasteiger partial charge in [0, 0.05) is 32.8 Å². The predicted molar refractivity (Wildman–Crippen MR) is 90.3 cm³/mol. The van der Waals surface area contributed by atoms with E-state index in [-0.39, 0.29) is 18.0 Å². The van der Waals surface area contributed by atoms with Crippen molar-refractivity contribution >= 4 is 12.0 Å². The van der Waals surface area contributed by atoms with Crippen molar-refractivity contribution in [2.75, 3.05) is 32.8 Å². The van der Waals surface area contributed by atoms with Crippen molar-refractivity contribution in [3.05, 3.63) is 0 Å². The van der Waals surface area contributed by atoms with Crippen LogP contribution in [0.3, 0.4) is 0 Å². The van der Waals surface area contributed by atoms with Gasteiger partial charge in [0.05, 0.1) is 6.04 Å². The lowest BCUT2D eigenvalue weighted by Crippen LogP contribution is -2.63. The second kappa shape index (κ2) is 7.89. The Labute approximate surface area is 144 Å². The molecule has 0 aromatic heterocycles. The summed E-state index contributed by atoms with van der Waals surface area (Å²) in [5, 5.41) is 0. The largest absolute Gasteiger partial charge is 0.444 e. The highest BCUT2D eigenvalue weighted by Crippen LogP contribution is 2.23. The van der Waals surface area contributed by atoms with E-state index in [0.717, 1.165) is 26.1 Å². The van der Waals surface area contributed by atoms with Gasteiger partial charge in [0.2, 0.25) is 0 Å². The summed E-state index contributed by atoms with van der Waals surface area (Å²) in [6.45, 7) is 10.4. The van der Waals surface area contributed by atoms with Gasteiger partial charge in [0.15, 0.2) is 0 Å². The number of hydrogen-bond donors (Lipinski definition) is 0. The molecule has 2 aliphatic heterocycles. The Morgan fingerprint density at radius 3 is 2.42 bits per heavy atom. The molecule has 2 fully saturated rings. The third-order valence-electron chi connectivity index (χ3n) is 4.24. The zero-order valence-electron chi connectivity index (χ0n) is 15.1. The quantitative estimate of drug-likeness (QED) is 0.739. The molecule has 134 valence electrons. The first-order valence-electron chi connectivity index (χ1n) is 8.59. The molecule has 0 radical (unpaired) electrons. The zero-order chi connectivity index (χ0) is 17.7. The van der Waals surface area contributed by atoms with Crippen molar-refractivity contribution in [1.29, 1.82) is 0 Å². The third-order valence-corrected chi connectivity index (χ3v) is 4.24. The molecule has 0 N–H and O–H groups in total. The normalized spacial score (nSPS) is 19.1. The minimum absolute atomic E-state index is 0.0220. The fourth-order valence-corrected chi connectivity index (χ4v) is 2.91. The average molecular weight is 336 g/mol. The van der Waals surface area contributed by atoms with Crippen molar-refractivity contribution in [2.24, 2.45) is 5.92 Å². The van der Waals surface area contributed by atoms with Gasteiger partial charge in [0.25, 0.3) is 5.91 Å². The van der Waals surface area contributed by atoms with Crippen LogP contribution >= 0.6 is 0 Å². The van der Waals surface area contributed by atoms with Crippen molar-refractivity contribution < 1.29 is 19.1 Å². The number of amides is 2. The van der Waals surface area contributed by atoms with Gasteiger partial charge in [-0.25, -0.2) is 4.79 Å². The third kappa shape index (κ3) is 5.13. The highest BCUT2D eigenvalue weighted by molar-refractivity contribution is 5.93. The number of hydrogen-bond acceptors (Lipinski definition) is 4. The first-order valence-corrected chi connectivity index (χ1v) is 8.59. The first-order chi connectivity index (χ1) is 11.3. The predicted octanol–water partition coefficient (Wildman–Crippen LogP) is 1.88. The van der Waals surface area contributed by atoms with Crippen molar-refractivity contribution in [1.82, 2.24) is 9.80 Å². The lowest BCUT2D eigenvalue weighted by molar-refractivity contribution is -0.132. The summed E-state index contributed by atoms with van der Waals surface area (Å²) >= 11 is 0. The summed E-state index contributed by atoms with van der Waals surface area (Å²) in [6.07, 6.45) is 1.61. The molecule has 2 heterocycles. The summed E-state index contributed by atoms with van der Waals surface area (Å²) in [4.78, 5) is 27.9. The summed E-state index contributed by atoms with van der Waals surface area (Å²) in [5.41, 5.74) is -0.506. The number of likely N-dealkylation sites (tertiary alicyclic amines) is 1. The van der Waals surface area contributed by atoms with Gasteiger partial charge in [-0.2, -0.15) is 0 Å². The highest BCUT2D eigenvalue weighted by atomic mass is 16.6. The number of nitrogens with zero attached hydrogens (tertiary/aromatic N) is 2. The molecule has 2 aliphatic rings. The van der Waals surface area contributed by atoms with Gasteiger partial charge >= 0.3 is 6.09 Å². The lowest BCUT2D eigenvalue weighted by Gasteiger charge is -2.45. The Kier molecular flexibility index (Phi) is 6.11. The summed E-state index contributed by atoms with van der Waals surface area (Å²) in [5.74, 6) is 5.61. The van der Waals surface area contributed by atoms with Gasteiger partial charge in [-0.05, 0) is 52.4 Å². The molecular formula is C18H28N2O4. The van der Waals surface area contributed by atoms with E-state index in [1.54, 1.807) is 11.8 Å². The molecule has 2 saturated heterocycles. The van der Waals surface area contributed by atoms with E-state index >= 15 is 0 Å². The maximum Gasteiger partial charge on any atom is 0.410 e. The Bertz CT molecular complexity index is 517. The van der Waals surface area contributed by atoms with Crippen LogP contribution in [0.15, 0.2) is 0 Å². The van der Waals surface area contributed by atoms with E-state index in [1.165, 1.54) is 0 Å². The summed E-state index contributed by atoms with van der Waals surface area (Å²) in [6, 6.07) is 0.0220. The molecule has 0 aromatic carbocycles. The Morgan fingerprint density at radius 2 is 1.88 bits per heavy atom. The second-order valence-electron chi connectivity index (χ2n) is 7.43. The minimum Gasteiger partial charge on any atom is -0.444 e. The zero-order valence-corrected chi connectivity index (χ0v) is 15.1. The number of rotatable bonds is 3. The van der Waals surface area contributed by atoms with Crippen molar-refractivity contribution in [3.63, 3.8) is 0 Å². The van der Waals surface area contributed by atoms with Gasteiger partial charge in [-0.15, -0.1) is 0 Å². The maximum absolute atomic E-state index is 12.3. The molecule has 2 rings (SSSR count). The van der Waals surface area contributed by atoms with Crippen LogP contribution in [0.5, 0.6) is 0 Å². The van der Waals surface area contributed by atoms with E-state index in [1.807, 2.05) is 25.7 Å². The fourth-order valence-electron chi connectivity index (χ4n) is 2.91. The number of ether oxygens (including phenoxy) is 2. The van der Waals surface area contributed by atoms with Crippen molar-refractivity contribution in [2.45, 2.75) is 52.2 Å². The molecule has 2 amide bonds. The van der Waals surface area contributed by atoms with E-state index in [9.17, 15) is 9.59 Å². The van der Waals surface area contributed by atoms with Gasteiger partial charge in [0.1, 0.15) is 5.60 Å². The lowest BCUT2D eigenvalue weighted by atomic mass is 9.97. The van der Waals surface area contributed by atoms with Crippen LogP contribution in [-0.4, -0.2) is 66.3 Å². The van der Waals surface area contributed by atoms with Crippen LogP contribution in [0.25, 0.3) is 0 Å². The van der Waals surface area contributed by atoms with Crippen LogP contribution in [0.1, 0.15) is 40.5 Å². The Morgan fingerprint density at radius 1 is 1.25 bits per heavy atom. The Hall–Kier alpha value is -1.74. The molecule has 0 saturated carbocycles. The smallest absolute Gasteiger partial charge is 0.410 e. The molecule has 0 spiro atoms. The molecule has 0 bridgehead atoms. The minimum atomic E-state index is -0.506. The average Bonchev–Trinajstić information content (AvgIpc) is 2.44. The molecule has 6 heteroatoms. The van der Waals surface area contributed by atoms with E-state index < -0.39 is 5.60 Å². The standard InChI is InChI=1S/C18H28N2O4/c1-5-6-16(21)20(11-14-7-9-23-10-8-14)15-12-19(13-15)17(22)24-18(2,3)4/h14-15H,7-13H2,1-4H3. The fraction of sp³-hybridized carbons (Fsp3) is 0.778. The summed E-state index contributed by atoms with van der Waals surface area (Å²) in [7, 11) is 0. The van der Waals surface area contributed by atoms with Crippen LogP contribution in [0, 0.1) is 17.8 Å². The van der Waals surface area contributed by atoms with Gasteiger partial charge in [-0.3, -0.25) is 4.79 Å². The number of carbonyl (C=O) groups is 2. The van der Waals surface area contributed by atoms with Crippen LogP contribution in [-0.2, 0) is 14.3 Å². The molecule has 0 aliphatic carbocycles. The molecule has 6 nitrogen and oxygen atoms in total. The SMILES string of the molecule is CC#CC(=O)N(CC1CCOCC1)C1CN(C(=O)OC(C)(C)C)C1. The molecule has 24 heavy (non-hydrogen) atoms. The van der Waals surface area contributed by atoms with Crippen molar-refractivity contribution in [3.8, 4) is 11.8 Å². The molecule has 0 aromatic rings. The second-order valence-corrected chi connectivity index (χ2v) is 7.43. The van der Waals surface area contributed by atoms with Gasteiger partial charge < -0.3 is 19.3 Å². The first kappa shape index (κ1) is 18.6. The molecular weight excluding hydrogens is 308 g/mol. The van der Waals surface area contributed by atoms with Crippen LogP contribution in [0.4, 0.5) is 4.79 Å². The summed E-state index contributed by atoms with van der Waals surface area (Å²) < 4.78 is 10.8. The maximum atomic E-state index is 12.3. The van der Waals surface area contributed by atoms with E-state index in [2.05, 4.69) is 11.8 Å². The molecule has 0 atom stereocenters. The number of carbonyl (C=O) groups excluding carboxylic acids is 2.